The van der Waals surface area contributed by atoms with Crippen molar-refractivity contribution in [2.75, 3.05) is 0 Å². The van der Waals surface area contributed by atoms with Crippen molar-refractivity contribution < 1.29 is 0 Å². The molecule has 3 aromatic rings. The van der Waals surface area contributed by atoms with Gasteiger partial charge < -0.3 is 11.5 Å². The Labute approximate surface area is 304 Å². The van der Waals surface area contributed by atoms with E-state index in [1.165, 1.54) is 79.4 Å². The Morgan fingerprint density at radius 1 is 0.638 bits per heavy atom. The molecule has 8 N–H and O–H groups in total. The Morgan fingerprint density at radius 3 is 1.66 bits per heavy atom. The van der Waals surface area contributed by atoms with Crippen LogP contribution in [0.15, 0.2) is 88.8 Å². The molecule has 0 spiro atoms. The molecule has 0 fully saturated rings. The number of guanidine groups is 2. The van der Waals surface area contributed by atoms with Crippen molar-refractivity contribution in [2.24, 2.45) is 32.9 Å². The second-order valence-corrected chi connectivity index (χ2v) is 26.8. The summed E-state index contributed by atoms with van der Waals surface area (Å²) in [6.07, 6.45) is 10.6. The molecular weight excluding hydrogens is 802 g/mol. The quantitative estimate of drug-likeness (QED) is 0.0467. The summed E-state index contributed by atoms with van der Waals surface area (Å²) in [6, 6.07) is 28.1. The zero-order valence-electron chi connectivity index (χ0n) is 29.9. The van der Waals surface area contributed by atoms with Gasteiger partial charge in [0.25, 0.3) is 0 Å². The first-order valence-electron chi connectivity index (χ1n) is 17.6. The van der Waals surface area contributed by atoms with Gasteiger partial charge in [0, 0.05) is 3.57 Å². The van der Waals surface area contributed by atoms with Crippen LogP contribution < -0.4 is 26.5 Å². The molecule has 3 aromatic carbocycles. The smallest absolute Gasteiger partial charge is 0.186 e. The first-order valence-corrected chi connectivity index (χ1v) is 26.2. The number of unbranched alkanes of at least 4 members (excludes halogenated alkanes) is 2. The van der Waals surface area contributed by atoms with Gasteiger partial charge in [0.05, 0.1) is 6.54 Å². The van der Waals surface area contributed by atoms with Gasteiger partial charge in [-0.05, 0) is 64.6 Å². The summed E-state index contributed by atoms with van der Waals surface area (Å²) >= 11 is -0.0446. The molecule has 0 saturated carbocycles. The van der Waals surface area contributed by atoms with Crippen LogP contribution in [-0.2, 0) is 13.1 Å². The van der Waals surface area contributed by atoms with Crippen LogP contribution in [-0.4, -0.2) is 30.3 Å². The summed E-state index contributed by atoms with van der Waals surface area (Å²) in [4.78, 5) is 8.09. The molecule has 0 aromatic heterocycles. The third-order valence-electron chi connectivity index (χ3n) is 8.46. The summed E-state index contributed by atoms with van der Waals surface area (Å²) < 4.78 is 7.33. The van der Waals surface area contributed by atoms with Crippen LogP contribution in [0.3, 0.4) is 0 Å². The molecular formula is C39H63IN6Sn. The Hall–Kier alpha value is -2.27. The average molecular weight is 866 g/mol. The standard InChI is InChI=1S/C12H18.C8H10IN3.C8H10N3.2C4H9.C3H7.Sn/c1-3-8-11(4-2)12-9-6-5-7-10-12;9-7-3-1-2-6(4-7)5-12-8(10)11;9-8(10)11-6-7-4-2-1-3-5-7;2*1-3-4-2;1-3-2;/h5-7,9-11H,3-4,8H2,1-2H3;1-4H,5H2,(H4,10,11,12);1-2,4-5H,6H2,(H4,9,10,11);2*1,3-4H2,2H3;1,3H2,2H3;/i;9+4;;;;;. The maximum Gasteiger partial charge on any atom is 0.186 e. The summed E-state index contributed by atoms with van der Waals surface area (Å²) in [6.45, 7) is 12.7. The number of nitrogens with zero attached hydrogens (tertiary/aromatic N) is 2. The van der Waals surface area contributed by atoms with E-state index < -0.39 is 18.4 Å². The van der Waals surface area contributed by atoms with Crippen molar-refractivity contribution in [2.45, 2.75) is 118 Å². The van der Waals surface area contributed by atoms with E-state index in [1.807, 2.05) is 24.3 Å². The summed E-state index contributed by atoms with van der Waals surface area (Å²) in [5.74, 6) is 1.08. The first-order chi connectivity index (χ1) is 22.6. The van der Waals surface area contributed by atoms with Crippen LogP contribution in [0, 0.1) is 3.57 Å². The molecule has 3 rings (SSSR count). The van der Waals surface area contributed by atoms with Crippen LogP contribution in [0.4, 0.5) is 0 Å². The number of hydrogen-bond acceptors (Lipinski definition) is 2. The Balaban J connectivity index is 0.000000386. The van der Waals surface area contributed by atoms with Crippen molar-refractivity contribution in [1.82, 2.24) is 0 Å². The molecule has 0 saturated heterocycles. The fourth-order valence-electron chi connectivity index (χ4n) is 6.00. The van der Waals surface area contributed by atoms with E-state index in [-0.39, 0.29) is 11.9 Å². The molecule has 0 heterocycles. The average Bonchev–Trinajstić information content (AvgIpc) is 3.08. The predicted octanol–water partition coefficient (Wildman–Crippen LogP) is 9.17. The largest absolute Gasteiger partial charge is 0.370 e. The summed E-state index contributed by atoms with van der Waals surface area (Å²) in [5, 5.41) is 0. The molecule has 0 aliphatic carbocycles. The van der Waals surface area contributed by atoms with Gasteiger partial charge in [0.15, 0.2) is 5.96 Å². The van der Waals surface area contributed by atoms with E-state index in [0.29, 0.717) is 13.1 Å². The van der Waals surface area contributed by atoms with Gasteiger partial charge in [-0.25, -0.2) is 4.99 Å². The third kappa shape index (κ3) is 18.2. The van der Waals surface area contributed by atoms with Gasteiger partial charge in [0.2, 0.25) is 0 Å². The van der Waals surface area contributed by atoms with Crippen LogP contribution in [0.2, 0.25) is 13.3 Å². The van der Waals surface area contributed by atoms with Crippen LogP contribution >= 0.6 is 22.6 Å². The molecule has 8 heteroatoms. The molecule has 47 heavy (non-hydrogen) atoms. The normalized spacial score (nSPS) is 11.3. The van der Waals surface area contributed by atoms with Gasteiger partial charge in [-0.3, -0.25) is 0 Å². The summed E-state index contributed by atoms with van der Waals surface area (Å²) in [7, 11) is 0. The van der Waals surface area contributed by atoms with Gasteiger partial charge in [-0.15, -0.1) is 0 Å². The number of nitrogens with two attached hydrogens (primary N) is 4. The second-order valence-electron chi connectivity index (χ2n) is 12.4. The monoisotopic (exact) mass is 866 g/mol. The molecule has 260 valence electrons. The Bertz CT molecular complexity index is 1280. The second kappa shape index (κ2) is 25.7. The third-order valence-corrected chi connectivity index (χ3v) is 25.2. The Morgan fingerprint density at radius 2 is 1.19 bits per heavy atom. The van der Waals surface area contributed by atoms with E-state index in [2.05, 4.69) is 122 Å². The molecule has 0 amide bonds. The van der Waals surface area contributed by atoms with E-state index in [9.17, 15) is 0 Å². The van der Waals surface area contributed by atoms with Crippen molar-refractivity contribution in [3.63, 3.8) is 0 Å². The molecule has 0 bridgehead atoms. The van der Waals surface area contributed by atoms with Crippen molar-refractivity contribution in [3.05, 3.63) is 99.1 Å². The predicted molar refractivity (Wildman–Crippen MR) is 219 cm³/mol. The number of benzene rings is 3. The number of aliphatic imine (C=N–C) groups is 2. The van der Waals surface area contributed by atoms with Crippen LogP contribution in [0.5, 0.6) is 0 Å². The number of rotatable bonds is 17. The zero-order chi connectivity index (χ0) is 34.9. The number of hydrogen-bond donors (Lipinski definition) is 4. The van der Waals surface area contributed by atoms with Gasteiger partial charge in [0.1, 0.15) is 0 Å². The van der Waals surface area contributed by atoms with Crippen molar-refractivity contribution in [1.29, 1.82) is 0 Å². The zero-order valence-corrected chi connectivity index (χ0v) is 34.9. The first kappa shape index (κ1) is 42.8. The topological polar surface area (TPSA) is 129 Å². The maximum absolute atomic E-state index is 5.48. The Kier molecular flexibility index (Phi) is 23.4. The van der Waals surface area contributed by atoms with Gasteiger partial charge >= 0.3 is 147 Å². The van der Waals surface area contributed by atoms with Gasteiger partial charge in [-0.1, -0.05) is 62.7 Å². The van der Waals surface area contributed by atoms with E-state index in [1.54, 1.807) is 3.58 Å². The molecule has 0 aliphatic heterocycles. The van der Waals surface area contributed by atoms with Crippen LogP contribution in [0.1, 0.15) is 109 Å². The van der Waals surface area contributed by atoms with E-state index in [0.717, 1.165) is 11.5 Å². The fraction of sp³-hybridized carbons (Fsp3) is 0.487. The van der Waals surface area contributed by atoms with Gasteiger partial charge in [-0.2, -0.15) is 0 Å². The molecule has 1 atom stereocenters. The molecule has 0 aliphatic rings. The number of halogens is 1. The molecule has 1 unspecified atom stereocenters. The maximum atomic E-state index is 5.48. The molecule has 0 radical (unpaired) electrons. The molecule has 6 nitrogen and oxygen atoms in total. The van der Waals surface area contributed by atoms with Crippen molar-refractivity contribution >= 4 is 56.5 Å². The van der Waals surface area contributed by atoms with Crippen molar-refractivity contribution in [3.8, 4) is 0 Å². The van der Waals surface area contributed by atoms with Crippen LogP contribution in [0.25, 0.3) is 0 Å². The summed E-state index contributed by atoms with van der Waals surface area (Å²) in [5.41, 5.74) is 25.3. The fourth-order valence-corrected chi connectivity index (χ4v) is 22.5. The minimum atomic E-state index is -2.30. The SMILES string of the molecule is CCCC(CC)c1ccccc1.CCC[CH2][Sn]([CH2]CC)([CH2]CCC)[c]1cccc(CN=C(N)N)c1.NC(N)=NCc1cccc([131I])c1. The minimum absolute atomic E-state index is 0.133. The minimum Gasteiger partial charge on any atom is -0.370 e. The van der Waals surface area contributed by atoms with E-state index in [4.69, 9.17) is 22.9 Å². The van der Waals surface area contributed by atoms with E-state index >= 15 is 0 Å².